The van der Waals surface area contributed by atoms with E-state index < -0.39 is 18.1 Å². The Morgan fingerprint density at radius 1 is 1.22 bits per heavy atom. The standard InChI is InChI=1S/C26H32N2O8/c1-18-24(34-13-20-7-5-4-6-8-20)11-22(26-25(18)35-17-36-26)23(15-33-19(2)30)28(10-9-27)21(12-29)14-32-16-31-3/h4-8,11,21,23,29H,10,12-17H2,1-3H3/t21-,23+/m1/s1. The number of carbonyl (C=O) groups excluding carboxylic acids is 1. The SMILES string of the molecule is COCOC[C@@H](CO)N(CC#N)[C@@H](COC(C)=O)c1cc(OCc2ccccc2)c(C)c2c1OCO2. The molecule has 194 valence electrons. The monoisotopic (exact) mass is 500 g/mol. The molecule has 1 N–H and O–H groups in total. The quantitative estimate of drug-likeness (QED) is 0.179. The van der Waals surface area contributed by atoms with Gasteiger partial charge in [0.15, 0.2) is 11.5 Å². The van der Waals surface area contributed by atoms with Crippen molar-refractivity contribution < 1.29 is 38.3 Å². The van der Waals surface area contributed by atoms with Gasteiger partial charge in [-0.1, -0.05) is 30.3 Å². The number of rotatable bonds is 14. The van der Waals surface area contributed by atoms with Gasteiger partial charge in [0, 0.05) is 25.2 Å². The van der Waals surface area contributed by atoms with Crippen molar-refractivity contribution in [2.75, 3.05) is 47.1 Å². The third-order valence-electron chi connectivity index (χ3n) is 5.76. The summed E-state index contributed by atoms with van der Waals surface area (Å²) in [6.07, 6.45) is 0. The first-order chi connectivity index (χ1) is 17.5. The lowest BCUT2D eigenvalue weighted by Crippen LogP contribution is -2.45. The van der Waals surface area contributed by atoms with Crippen LogP contribution >= 0.6 is 0 Å². The van der Waals surface area contributed by atoms with Crippen molar-refractivity contribution >= 4 is 5.97 Å². The molecular formula is C26H32N2O8. The molecule has 36 heavy (non-hydrogen) atoms. The number of hydrogen-bond acceptors (Lipinski definition) is 10. The van der Waals surface area contributed by atoms with Gasteiger partial charge >= 0.3 is 5.97 Å². The molecule has 1 aliphatic heterocycles. The summed E-state index contributed by atoms with van der Waals surface area (Å²) < 4.78 is 33.5. The highest BCUT2D eigenvalue weighted by atomic mass is 16.7. The van der Waals surface area contributed by atoms with E-state index in [1.54, 1.807) is 4.90 Å². The van der Waals surface area contributed by atoms with Crippen LogP contribution in [0.25, 0.3) is 0 Å². The van der Waals surface area contributed by atoms with Crippen LogP contribution in [0.2, 0.25) is 0 Å². The zero-order valence-electron chi connectivity index (χ0n) is 20.8. The fourth-order valence-corrected chi connectivity index (χ4v) is 3.99. The second-order valence-electron chi connectivity index (χ2n) is 8.19. The summed E-state index contributed by atoms with van der Waals surface area (Å²) in [6.45, 7) is 3.19. The lowest BCUT2D eigenvalue weighted by atomic mass is 9.99. The van der Waals surface area contributed by atoms with Gasteiger partial charge < -0.3 is 33.5 Å². The van der Waals surface area contributed by atoms with E-state index in [9.17, 15) is 15.2 Å². The van der Waals surface area contributed by atoms with Gasteiger partial charge in [-0.25, -0.2) is 0 Å². The normalized spacial score (nSPS) is 13.8. The number of carbonyl (C=O) groups is 1. The zero-order chi connectivity index (χ0) is 25.9. The number of hydrogen-bond donors (Lipinski definition) is 1. The maximum Gasteiger partial charge on any atom is 0.302 e. The molecule has 3 rings (SSSR count). The molecule has 2 atom stereocenters. The molecule has 10 heteroatoms. The summed E-state index contributed by atoms with van der Waals surface area (Å²) in [7, 11) is 1.49. The van der Waals surface area contributed by atoms with Crippen molar-refractivity contribution in [1.29, 1.82) is 5.26 Å². The minimum absolute atomic E-state index is 0.0181. The highest BCUT2D eigenvalue weighted by Crippen LogP contribution is 2.47. The first-order valence-electron chi connectivity index (χ1n) is 11.5. The maximum absolute atomic E-state index is 11.7. The second-order valence-corrected chi connectivity index (χ2v) is 8.19. The molecular weight excluding hydrogens is 468 g/mol. The number of aliphatic hydroxyl groups is 1. The summed E-state index contributed by atoms with van der Waals surface area (Å²) in [5.41, 5.74) is 2.37. The topological polar surface area (TPSA) is 120 Å². The van der Waals surface area contributed by atoms with Crippen molar-refractivity contribution in [2.45, 2.75) is 32.5 Å². The Bertz CT molecular complexity index is 1040. The molecule has 0 aromatic heterocycles. The molecule has 0 bridgehead atoms. The summed E-state index contributed by atoms with van der Waals surface area (Å²) in [5, 5.41) is 19.7. The van der Waals surface area contributed by atoms with Crippen LogP contribution in [0.1, 0.15) is 29.7 Å². The van der Waals surface area contributed by atoms with E-state index in [1.807, 2.05) is 43.3 Å². The van der Waals surface area contributed by atoms with Crippen LogP contribution in [0.15, 0.2) is 36.4 Å². The molecule has 0 aliphatic carbocycles. The molecule has 0 spiro atoms. The predicted molar refractivity (Wildman–Crippen MR) is 128 cm³/mol. The van der Waals surface area contributed by atoms with E-state index in [4.69, 9.17) is 28.4 Å². The van der Waals surface area contributed by atoms with Gasteiger partial charge in [0.1, 0.15) is 25.8 Å². The average Bonchev–Trinajstić information content (AvgIpc) is 3.38. The van der Waals surface area contributed by atoms with Gasteiger partial charge in [0.25, 0.3) is 0 Å². The van der Waals surface area contributed by atoms with Crippen molar-refractivity contribution in [3.8, 4) is 23.3 Å². The fraction of sp³-hybridized carbons (Fsp3) is 0.462. The molecule has 0 radical (unpaired) electrons. The molecule has 0 saturated carbocycles. The summed E-state index contributed by atoms with van der Waals surface area (Å²) in [4.78, 5) is 13.5. The Morgan fingerprint density at radius 3 is 2.64 bits per heavy atom. The smallest absolute Gasteiger partial charge is 0.302 e. The molecule has 0 unspecified atom stereocenters. The van der Waals surface area contributed by atoms with Gasteiger partial charge in [-0.15, -0.1) is 0 Å². The Labute approximate surface area is 210 Å². The Kier molecular flexibility index (Phi) is 10.3. The lowest BCUT2D eigenvalue weighted by Gasteiger charge is -2.36. The number of nitrogens with zero attached hydrogens (tertiary/aromatic N) is 2. The minimum atomic E-state index is -0.660. The van der Waals surface area contributed by atoms with Gasteiger partial charge in [-0.2, -0.15) is 5.26 Å². The number of aliphatic hydroxyl groups excluding tert-OH is 1. The number of nitriles is 1. The van der Waals surface area contributed by atoms with Crippen molar-refractivity contribution in [2.24, 2.45) is 0 Å². The molecule has 10 nitrogen and oxygen atoms in total. The molecule has 1 aliphatic rings. The Hall–Kier alpha value is -3.36. The molecule has 1 heterocycles. The van der Waals surface area contributed by atoms with Crippen LogP contribution in [0.3, 0.4) is 0 Å². The van der Waals surface area contributed by atoms with Gasteiger partial charge in [-0.3, -0.25) is 9.69 Å². The Balaban J connectivity index is 2.02. The third kappa shape index (κ3) is 6.86. The number of esters is 1. The third-order valence-corrected chi connectivity index (χ3v) is 5.76. The molecule has 2 aromatic carbocycles. The van der Waals surface area contributed by atoms with Crippen LogP contribution in [0.4, 0.5) is 0 Å². The van der Waals surface area contributed by atoms with Crippen LogP contribution < -0.4 is 14.2 Å². The number of benzene rings is 2. The average molecular weight is 501 g/mol. The van der Waals surface area contributed by atoms with E-state index in [1.165, 1.54) is 14.0 Å². The number of methoxy groups -OCH3 is 1. The largest absolute Gasteiger partial charge is 0.488 e. The predicted octanol–water partition coefficient (Wildman–Crippen LogP) is 2.71. The maximum atomic E-state index is 11.7. The van der Waals surface area contributed by atoms with Gasteiger partial charge in [-0.05, 0) is 18.6 Å². The van der Waals surface area contributed by atoms with Crippen molar-refractivity contribution in [3.05, 3.63) is 53.1 Å². The van der Waals surface area contributed by atoms with Crippen molar-refractivity contribution in [1.82, 2.24) is 4.90 Å². The van der Waals surface area contributed by atoms with E-state index >= 15 is 0 Å². The highest BCUT2D eigenvalue weighted by Gasteiger charge is 2.35. The van der Waals surface area contributed by atoms with Crippen LogP contribution in [0, 0.1) is 18.3 Å². The van der Waals surface area contributed by atoms with E-state index in [2.05, 4.69) is 6.07 Å². The van der Waals surface area contributed by atoms with Crippen molar-refractivity contribution in [3.63, 3.8) is 0 Å². The summed E-state index contributed by atoms with van der Waals surface area (Å²) >= 11 is 0. The molecule has 0 saturated heterocycles. The first-order valence-corrected chi connectivity index (χ1v) is 11.5. The summed E-state index contributed by atoms with van der Waals surface area (Å²) in [6, 6.07) is 12.4. The summed E-state index contributed by atoms with van der Waals surface area (Å²) in [5.74, 6) is 1.10. The van der Waals surface area contributed by atoms with E-state index in [0.717, 1.165) is 11.1 Å². The van der Waals surface area contributed by atoms with Crippen LogP contribution in [0.5, 0.6) is 17.2 Å². The van der Waals surface area contributed by atoms with Crippen LogP contribution in [-0.2, 0) is 25.6 Å². The van der Waals surface area contributed by atoms with E-state index in [0.29, 0.717) is 29.4 Å². The Morgan fingerprint density at radius 2 is 1.97 bits per heavy atom. The molecule has 0 amide bonds. The van der Waals surface area contributed by atoms with Gasteiger partial charge in [0.2, 0.25) is 6.79 Å². The minimum Gasteiger partial charge on any atom is -0.488 e. The first kappa shape index (κ1) is 27.2. The van der Waals surface area contributed by atoms with E-state index in [-0.39, 0.29) is 40.0 Å². The second kappa shape index (κ2) is 13.7. The fourth-order valence-electron chi connectivity index (χ4n) is 3.99. The lowest BCUT2D eigenvalue weighted by molar-refractivity contribution is -0.143. The number of ether oxygens (including phenoxy) is 6. The van der Waals surface area contributed by atoms with Crippen LogP contribution in [-0.4, -0.2) is 69.1 Å². The zero-order valence-corrected chi connectivity index (χ0v) is 20.8. The van der Waals surface area contributed by atoms with Gasteiger partial charge in [0.05, 0.1) is 37.9 Å². The highest BCUT2D eigenvalue weighted by molar-refractivity contribution is 5.66. The molecule has 2 aromatic rings. The molecule has 0 fully saturated rings. The number of fused-ring (bicyclic) bond motifs is 1.